The normalized spacial score (nSPS) is 25.8. The first-order chi connectivity index (χ1) is 9.86. The monoisotopic (exact) mass is 273 g/mol. The van der Waals surface area contributed by atoms with Crippen molar-refractivity contribution in [3.63, 3.8) is 0 Å². The molecular weight excluding hydrogens is 249 g/mol. The highest BCUT2D eigenvalue weighted by atomic mass is 19.1. The molecule has 2 aliphatic heterocycles. The van der Waals surface area contributed by atoms with Crippen molar-refractivity contribution in [1.29, 1.82) is 0 Å². The lowest BCUT2D eigenvalue weighted by molar-refractivity contribution is 0.194. The Hall–Kier alpha value is -1.15. The van der Waals surface area contributed by atoms with Crippen molar-refractivity contribution < 1.29 is 4.39 Å². The second-order valence-corrected chi connectivity index (χ2v) is 6.13. The summed E-state index contributed by atoms with van der Waals surface area (Å²) in [5.41, 5.74) is 2.99. The van der Waals surface area contributed by atoms with Crippen molar-refractivity contribution in [2.24, 2.45) is 0 Å². The number of alkyl halides is 1. The van der Waals surface area contributed by atoms with E-state index in [9.17, 15) is 4.39 Å². The molecule has 0 N–H and O–H groups in total. The van der Waals surface area contributed by atoms with Crippen molar-refractivity contribution >= 4 is 0 Å². The zero-order valence-corrected chi connectivity index (χ0v) is 12.1. The molecule has 0 aliphatic carbocycles. The molecule has 2 atom stereocenters. The van der Waals surface area contributed by atoms with E-state index in [0.29, 0.717) is 12.1 Å². The number of rotatable bonds is 6. The van der Waals surface area contributed by atoms with E-state index in [2.05, 4.69) is 41.3 Å². The fourth-order valence-electron chi connectivity index (χ4n) is 3.68. The van der Waals surface area contributed by atoms with Gasteiger partial charge in [-0.3, -0.25) is 9.29 Å². The Morgan fingerprint density at radius 1 is 1.10 bits per heavy atom. The molecule has 0 saturated carbocycles. The zero-order chi connectivity index (χ0) is 13.8. The van der Waals surface area contributed by atoms with Crippen LogP contribution in [-0.2, 0) is 6.54 Å². The van der Waals surface area contributed by atoms with Crippen molar-refractivity contribution in [2.75, 3.05) is 6.67 Å². The number of nitrogens with zero attached hydrogens (tertiary/aromatic N) is 1. The van der Waals surface area contributed by atoms with Crippen molar-refractivity contribution in [1.82, 2.24) is 4.90 Å². The van der Waals surface area contributed by atoms with Crippen LogP contribution in [-0.4, -0.2) is 23.7 Å². The average Bonchev–Trinajstić information content (AvgIpc) is 2.72. The minimum atomic E-state index is -0.166. The first-order valence-electron chi connectivity index (χ1n) is 7.92. The second-order valence-electron chi connectivity index (χ2n) is 6.13. The van der Waals surface area contributed by atoms with E-state index in [1.54, 1.807) is 5.57 Å². The van der Waals surface area contributed by atoms with Crippen molar-refractivity contribution in [3.8, 4) is 0 Å². The number of hydrogen-bond acceptors (Lipinski definition) is 1. The minimum Gasteiger partial charge on any atom is -0.289 e. The van der Waals surface area contributed by atoms with Crippen LogP contribution < -0.4 is 0 Å². The molecule has 0 radical (unpaired) electrons. The van der Waals surface area contributed by atoms with Gasteiger partial charge in [0.1, 0.15) is 0 Å². The van der Waals surface area contributed by atoms with Crippen LogP contribution in [0, 0.1) is 0 Å². The summed E-state index contributed by atoms with van der Waals surface area (Å²) in [5, 5.41) is 0. The highest BCUT2D eigenvalue weighted by Gasteiger charge is 2.35. The molecule has 1 nitrogen and oxygen atoms in total. The third-order valence-electron chi connectivity index (χ3n) is 4.71. The predicted molar refractivity (Wildman–Crippen MR) is 81.3 cm³/mol. The van der Waals surface area contributed by atoms with Crippen LogP contribution >= 0.6 is 0 Å². The molecule has 1 fully saturated rings. The van der Waals surface area contributed by atoms with Gasteiger partial charge in [0.15, 0.2) is 0 Å². The van der Waals surface area contributed by atoms with Gasteiger partial charge in [0.25, 0.3) is 0 Å². The maximum Gasteiger partial charge on any atom is 0.0894 e. The van der Waals surface area contributed by atoms with E-state index < -0.39 is 0 Å². The minimum absolute atomic E-state index is 0.166. The van der Waals surface area contributed by atoms with Crippen LogP contribution in [0.25, 0.3) is 0 Å². The summed E-state index contributed by atoms with van der Waals surface area (Å²) in [5.74, 6) is 0. The van der Waals surface area contributed by atoms with Gasteiger partial charge in [0.2, 0.25) is 0 Å². The summed E-state index contributed by atoms with van der Waals surface area (Å²) in [7, 11) is 0. The Balaban J connectivity index is 1.62. The third kappa shape index (κ3) is 3.12. The van der Waals surface area contributed by atoms with Gasteiger partial charge in [-0.05, 0) is 44.1 Å². The molecule has 108 valence electrons. The Kier molecular flexibility index (Phi) is 4.51. The second kappa shape index (κ2) is 6.53. The smallest absolute Gasteiger partial charge is 0.0894 e. The van der Waals surface area contributed by atoms with Crippen molar-refractivity contribution in [3.05, 3.63) is 47.5 Å². The number of unbranched alkanes of at least 4 members (excludes halogenated alkanes) is 1. The fraction of sp³-hybridized carbons (Fsp3) is 0.556. The molecule has 0 aromatic heterocycles. The van der Waals surface area contributed by atoms with Crippen LogP contribution in [0.15, 0.2) is 42.0 Å². The summed E-state index contributed by atoms with van der Waals surface area (Å²) in [6, 6.07) is 12.1. The summed E-state index contributed by atoms with van der Waals surface area (Å²) in [6.45, 7) is 0.907. The number of halogens is 1. The zero-order valence-electron chi connectivity index (χ0n) is 12.1. The Morgan fingerprint density at radius 2 is 1.95 bits per heavy atom. The van der Waals surface area contributed by atoms with Crippen LogP contribution in [0.5, 0.6) is 0 Å². The van der Waals surface area contributed by atoms with Gasteiger partial charge in [0, 0.05) is 18.6 Å². The van der Waals surface area contributed by atoms with Gasteiger partial charge in [-0.2, -0.15) is 0 Å². The van der Waals surface area contributed by atoms with E-state index in [-0.39, 0.29) is 6.67 Å². The Bertz CT molecular complexity index is 454. The van der Waals surface area contributed by atoms with Gasteiger partial charge in [0.05, 0.1) is 6.67 Å². The molecule has 2 heterocycles. The van der Waals surface area contributed by atoms with E-state index in [1.165, 1.54) is 24.8 Å². The van der Waals surface area contributed by atoms with Gasteiger partial charge in [-0.15, -0.1) is 0 Å². The third-order valence-corrected chi connectivity index (χ3v) is 4.71. The number of hydrogen-bond donors (Lipinski definition) is 0. The van der Waals surface area contributed by atoms with Gasteiger partial charge in [-0.1, -0.05) is 42.0 Å². The standard InChI is InChI=1S/C18H24FN/c19-11-5-4-8-16-12-17-9-10-18(13-16)20(17)14-15-6-2-1-3-7-15/h1-3,6-7,12,17-18H,4-5,8-11,13-14H2. The lowest BCUT2D eigenvalue weighted by atomic mass is 9.96. The molecule has 20 heavy (non-hydrogen) atoms. The highest BCUT2D eigenvalue weighted by molar-refractivity contribution is 5.21. The summed E-state index contributed by atoms with van der Waals surface area (Å²) in [4.78, 5) is 2.66. The van der Waals surface area contributed by atoms with Crippen LogP contribution in [0.1, 0.15) is 44.1 Å². The number of fused-ring (bicyclic) bond motifs is 2. The molecule has 2 heteroatoms. The Morgan fingerprint density at radius 3 is 2.70 bits per heavy atom. The van der Waals surface area contributed by atoms with Gasteiger partial charge in [-0.25, -0.2) is 0 Å². The molecule has 0 spiro atoms. The van der Waals surface area contributed by atoms with Gasteiger partial charge < -0.3 is 0 Å². The van der Waals surface area contributed by atoms with Crippen LogP contribution in [0.3, 0.4) is 0 Å². The van der Waals surface area contributed by atoms with E-state index in [4.69, 9.17) is 0 Å². The lowest BCUT2D eigenvalue weighted by Crippen LogP contribution is -2.37. The summed E-state index contributed by atoms with van der Waals surface area (Å²) in [6.07, 6.45) is 9.14. The topological polar surface area (TPSA) is 3.24 Å². The highest BCUT2D eigenvalue weighted by Crippen LogP contribution is 2.37. The van der Waals surface area contributed by atoms with E-state index in [1.807, 2.05) is 0 Å². The Labute approximate surface area is 121 Å². The average molecular weight is 273 g/mol. The first kappa shape index (κ1) is 13.8. The molecule has 1 aromatic rings. The molecule has 0 amide bonds. The largest absolute Gasteiger partial charge is 0.289 e. The molecular formula is C18H24FN. The molecule has 2 unspecified atom stereocenters. The van der Waals surface area contributed by atoms with Gasteiger partial charge >= 0.3 is 0 Å². The lowest BCUT2D eigenvalue weighted by Gasteiger charge is -2.34. The van der Waals surface area contributed by atoms with E-state index >= 15 is 0 Å². The SMILES string of the molecule is FCCCCC1=CC2CCC(C1)N2Cc1ccccc1. The first-order valence-corrected chi connectivity index (χ1v) is 7.92. The number of benzene rings is 1. The summed E-state index contributed by atoms with van der Waals surface area (Å²) < 4.78 is 12.2. The maximum atomic E-state index is 12.2. The molecule has 3 rings (SSSR count). The maximum absolute atomic E-state index is 12.2. The molecule has 2 bridgehead atoms. The van der Waals surface area contributed by atoms with Crippen molar-refractivity contribution in [2.45, 2.75) is 57.2 Å². The quantitative estimate of drug-likeness (QED) is 0.545. The van der Waals surface area contributed by atoms with Crippen LogP contribution in [0.2, 0.25) is 0 Å². The van der Waals surface area contributed by atoms with Crippen LogP contribution in [0.4, 0.5) is 4.39 Å². The molecule has 2 aliphatic rings. The summed E-state index contributed by atoms with van der Waals surface area (Å²) >= 11 is 0. The van der Waals surface area contributed by atoms with E-state index in [0.717, 1.165) is 25.8 Å². The molecule has 1 aromatic carbocycles. The molecule has 1 saturated heterocycles. The fourth-order valence-corrected chi connectivity index (χ4v) is 3.68. The predicted octanol–water partition coefficient (Wildman–Crippen LogP) is 4.49.